The van der Waals surface area contributed by atoms with Crippen LogP contribution in [0, 0.1) is 0 Å². The number of nitrogens with one attached hydrogen (secondary N) is 1. The van der Waals surface area contributed by atoms with Gasteiger partial charge < -0.3 is 15.3 Å². The van der Waals surface area contributed by atoms with E-state index in [9.17, 15) is 5.11 Å². The maximum absolute atomic E-state index is 10.3. The number of halogens is 1. The summed E-state index contributed by atoms with van der Waals surface area (Å²) in [7, 11) is 3.88. The first-order valence-corrected chi connectivity index (χ1v) is 7.55. The van der Waals surface area contributed by atoms with Gasteiger partial charge in [-0.05, 0) is 24.4 Å². The van der Waals surface area contributed by atoms with Crippen molar-refractivity contribution < 1.29 is 5.11 Å². The van der Waals surface area contributed by atoms with E-state index in [4.69, 9.17) is 0 Å². The van der Waals surface area contributed by atoms with Gasteiger partial charge in [-0.2, -0.15) is 0 Å². The average Bonchev–Trinajstić information content (AvgIpc) is 2.86. The van der Waals surface area contributed by atoms with Crippen molar-refractivity contribution >= 4 is 51.4 Å². The Labute approximate surface area is 146 Å². The van der Waals surface area contributed by atoms with Gasteiger partial charge in [0.05, 0.1) is 6.54 Å². The molecule has 1 heterocycles. The molecule has 0 radical (unpaired) electrons. The van der Waals surface area contributed by atoms with Crippen LogP contribution in [0.1, 0.15) is 17.9 Å². The highest BCUT2D eigenvalue weighted by Gasteiger charge is 2.11. The Morgan fingerprint density at radius 1 is 1.38 bits per heavy atom. The van der Waals surface area contributed by atoms with Crippen molar-refractivity contribution in [3.8, 4) is 0 Å². The minimum absolute atomic E-state index is 0. The Bertz CT molecular complexity index is 564. The van der Waals surface area contributed by atoms with E-state index in [0.29, 0.717) is 6.54 Å². The van der Waals surface area contributed by atoms with Gasteiger partial charge in [0.2, 0.25) is 0 Å². The highest BCUT2D eigenvalue weighted by Crippen LogP contribution is 2.29. The standard InChI is InChI=1S/C15H21N3OS.HI/c1-4-16-15(18(2)3)17-10-12(19)14-9-11-7-5-6-8-13(11)20-14;/h5-9,12,19H,4,10H2,1-3H3,(H,16,17);1H. The molecule has 0 fully saturated rings. The molecule has 4 nitrogen and oxygen atoms in total. The van der Waals surface area contributed by atoms with Crippen molar-refractivity contribution in [1.29, 1.82) is 0 Å². The fourth-order valence-electron chi connectivity index (χ4n) is 1.94. The molecule has 1 atom stereocenters. The number of thiophene rings is 1. The summed E-state index contributed by atoms with van der Waals surface area (Å²) in [4.78, 5) is 7.33. The topological polar surface area (TPSA) is 47.9 Å². The van der Waals surface area contributed by atoms with E-state index < -0.39 is 6.10 Å². The van der Waals surface area contributed by atoms with Crippen LogP contribution >= 0.6 is 35.3 Å². The zero-order valence-corrected chi connectivity index (χ0v) is 15.7. The number of hydrogen-bond donors (Lipinski definition) is 2. The molecule has 0 aliphatic rings. The quantitative estimate of drug-likeness (QED) is 0.455. The molecular weight excluding hydrogens is 397 g/mol. The van der Waals surface area contributed by atoms with Gasteiger partial charge in [0.25, 0.3) is 0 Å². The largest absolute Gasteiger partial charge is 0.386 e. The summed E-state index contributed by atoms with van der Waals surface area (Å²) in [6, 6.07) is 10.2. The van der Waals surface area contributed by atoms with Gasteiger partial charge in [0.15, 0.2) is 5.96 Å². The third kappa shape index (κ3) is 4.82. The molecule has 0 bridgehead atoms. The van der Waals surface area contributed by atoms with Crippen LogP contribution < -0.4 is 5.32 Å². The van der Waals surface area contributed by atoms with Crippen LogP contribution in [-0.2, 0) is 0 Å². The molecule has 116 valence electrons. The molecule has 6 heteroatoms. The molecule has 1 unspecified atom stereocenters. The van der Waals surface area contributed by atoms with Gasteiger partial charge in [0.1, 0.15) is 6.10 Å². The summed E-state index contributed by atoms with van der Waals surface area (Å²) < 4.78 is 1.20. The lowest BCUT2D eigenvalue weighted by Crippen LogP contribution is -2.36. The monoisotopic (exact) mass is 419 g/mol. The Kier molecular flexibility index (Phi) is 7.41. The molecule has 2 rings (SSSR count). The summed E-state index contributed by atoms with van der Waals surface area (Å²) in [6.07, 6.45) is -0.555. The maximum atomic E-state index is 10.3. The predicted octanol–water partition coefficient (Wildman–Crippen LogP) is 3.08. The van der Waals surface area contributed by atoms with Crippen molar-refractivity contribution in [1.82, 2.24) is 10.2 Å². The molecule has 2 N–H and O–H groups in total. The predicted molar refractivity (Wildman–Crippen MR) is 102 cm³/mol. The number of aliphatic imine (C=N–C) groups is 1. The minimum atomic E-state index is -0.555. The van der Waals surface area contributed by atoms with Gasteiger partial charge in [-0.1, -0.05) is 18.2 Å². The third-order valence-corrected chi connectivity index (χ3v) is 4.16. The van der Waals surface area contributed by atoms with E-state index in [1.165, 1.54) is 10.1 Å². The first-order chi connectivity index (χ1) is 9.61. The number of hydrogen-bond acceptors (Lipinski definition) is 3. The fourth-order valence-corrected chi connectivity index (χ4v) is 2.98. The molecule has 0 aliphatic heterocycles. The first kappa shape index (κ1) is 18.2. The van der Waals surface area contributed by atoms with Crippen LogP contribution in [0.5, 0.6) is 0 Å². The highest BCUT2D eigenvalue weighted by molar-refractivity contribution is 14.0. The molecule has 1 aromatic carbocycles. The fraction of sp³-hybridized carbons (Fsp3) is 0.400. The van der Waals surface area contributed by atoms with Gasteiger partial charge in [0, 0.05) is 30.2 Å². The Balaban J connectivity index is 0.00000220. The zero-order chi connectivity index (χ0) is 14.5. The van der Waals surface area contributed by atoms with Crippen LogP contribution in [0.25, 0.3) is 10.1 Å². The van der Waals surface area contributed by atoms with Crippen LogP contribution in [0.2, 0.25) is 0 Å². The van der Waals surface area contributed by atoms with Crippen molar-refractivity contribution in [2.24, 2.45) is 4.99 Å². The number of aliphatic hydroxyl groups is 1. The van der Waals surface area contributed by atoms with Gasteiger partial charge >= 0.3 is 0 Å². The van der Waals surface area contributed by atoms with E-state index in [0.717, 1.165) is 17.4 Å². The van der Waals surface area contributed by atoms with Crippen molar-refractivity contribution in [2.45, 2.75) is 13.0 Å². The number of aliphatic hydroxyl groups excluding tert-OH is 1. The van der Waals surface area contributed by atoms with Gasteiger partial charge in [-0.3, -0.25) is 4.99 Å². The smallest absolute Gasteiger partial charge is 0.193 e. The number of benzene rings is 1. The summed E-state index contributed by atoms with van der Waals surface area (Å²) in [5, 5.41) is 14.6. The number of nitrogens with zero attached hydrogens (tertiary/aromatic N) is 2. The van der Waals surface area contributed by atoms with Crippen LogP contribution in [0.15, 0.2) is 35.3 Å². The molecule has 0 saturated heterocycles. The van der Waals surface area contributed by atoms with E-state index >= 15 is 0 Å². The molecule has 0 amide bonds. The lowest BCUT2D eigenvalue weighted by atomic mass is 10.2. The minimum Gasteiger partial charge on any atom is -0.386 e. The van der Waals surface area contributed by atoms with Crippen molar-refractivity contribution in [3.05, 3.63) is 35.2 Å². The van der Waals surface area contributed by atoms with E-state index in [-0.39, 0.29) is 24.0 Å². The lowest BCUT2D eigenvalue weighted by molar-refractivity contribution is 0.190. The Morgan fingerprint density at radius 2 is 2.10 bits per heavy atom. The summed E-state index contributed by atoms with van der Waals surface area (Å²) in [5.41, 5.74) is 0. The van der Waals surface area contributed by atoms with Crippen molar-refractivity contribution in [2.75, 3.05) is 27.2 Å². The summed E-state index contributed by atoms with van der Waals surface area (Å²) in [6.45, 7) is 3.21. The third-order valence-electron chi connectivity index (χ3n) is 2.95. The average molecular weight is 419 g/mol. The second kappa shape index (κ2) is 8.55. The Hall–Kier alpha value is -0.860. The molecule has 1 aromatic heterocycles. The van der Waals surface area contributed by atoms with Crippen LogP contribution in [-0.4, -0.2) is 43.2 Å². The van der Waals surface area contributed by atoms with Gasteiger partial charge in [-0.25, -0.2) is 0 Å². The van der Waals surface area contributed by atoms with E-state index in [1.54, 1.807) is 11.3 Å². The highest BCUT2D eigenvalue weighted by atomic mass is 127. The van der Waals surface area contributed by atoms with Gasteiger partial charge in [-0.15, -0.1) is 35.3 Å². The van der Waals surface area contributed by atoms with E-state index in [2.05, 4.69) is 22.4 Å². The first-order valence-electron chi connectivity index (χ1n) is 6.74. The SMILES string of the molecule is CCNC(=NCC(O)c1cc2ccccc2s1)N(C)C.I. The Morgan fingerprint density at radius 3 is 2.71 bits per heavy atom. The van der Waals surface area contributed by atoms with Crippen LogP contribution in [0.3, 0.4) is 0 Å². The molecule has 0 spiro atoms. The zero-order valence-electron chi connectivity index (χ0n) is 12.5. The van der Waals surface area contributed by atoms with Crippen LogP contribution in [0.4, 0.5) is 0 Å². The van der Waals surface area contributed by atoms with Crippen molar-refractivity contribution in [3.63, 3.8) is 0 Å². The second-order valence-electron chi connectivity index (χ2n) is 4.79. The van der Waals surface area contributed by atoms with E-state index in [1.807, 2.05) is 44.1 Å². The molecule has 0 saturated carbocycles. The number of guanidine groups is 1. The summed E-state index contributed by atoms with van der Waals surface area (Å²) in [5.74, 6) is 0.799. The number of fused-ring (bicyclic) bond motifs is 1. The maximum Gasteiger partial charge on any atom is 0.193 e. The molecular formula is C15H22IN3OS. The second-order valence-corrected chi connectivity index (χ2v) is 5.91. The summed E-state index contributed by atoms with van der Waals surface area (Å²) >= 11 is 1.63. The lowest BCUT2D eigenvalue weighted by Gasteiger charge is -2.17. The molecule has 21 heavy (non-hydrogen) atoms. The molecule has 2 aromatic rings. The number of rotatable bonds is 4. The normalized spacial score (nSPS) is 12.9. The molecule has 0 aliphatic carbocycles.